The highest BCUT2D eigenvalue weighted by Crippen LogP contribution is 2.16. The van der Waals surface area contributed by atoms with Gasteiger partial charge in [0.25, 0.3) is 0 Å². The highest BCUT2D eigenvalue weighted by atomic mass is 35.5. The monoisotopic (exact) mass is 344 g/mol. The van der Waals surface area contributed by atoms with Crippen molar-refractivity contribution < 1.29 is 4.79 Å². The van der Waals surface area contributed by atoms with E-state index in [1.807, 2.05) is 61.2 Å². The number of rotatable bonds is 8. The molecule has 0 saturated carbocycles. The first-order valence-electron chi connectivity index (χ1n) is 8.42. The molecule has 128 valence electrons. The Hall–Kier alpha value is -1.84. The molecule has 0 bridgehead atoms. The maximum absolute atomic E-state index is 12.4. The van der Waals surface area contributed by atoms with Gasteiger partial charge in [0.15, 0.2) is 0 Å². The molecular weight excluding hydrogens is 320 g/mol. The summed E-state index contributed by atoms with van der Waals surface area (Å²) in [5.41, 5.74) is 3.39. The predicted molar refractivity (Wildman–Crippen MR) is 102 cm³/mol. The van der Waals surface area contributed by atoms with Crippen LogP contribution in [0, 0.1) is 6.92 Å². The molecule has 0 radical (unpaired) electrons. The number of carbonyl (C=O) groups is 1. The van der Waals surface area contributed by atoms with Crippen molar-refractivity contribution in [1.82, 2.24) is 5.32 Å². The Labute approximate surface area is 149 Å². The average molecular weight is 345 g/mol. The lowest BCUT2D eigenvalue weighted by Gasteiger charge is -2.21. The molecule has 0 aromatic heterocycles. The number of nitrogens with one attached hydrogen (secondary N) is 1. The first-order chi connectivity index (χ1) is 11.6. The molecule has 2 aromatic rings. The zero-order valence-corrected chi connectivity index (χ0v) is 15.1. The highest BCUT2D eigenvalue weighted by molar-refractivity contribution is 6.30. The van der Waals surface area contributed by atoms with Crippen LogP contribution in [0.4, 0.5) is 5.69 Å². The summed E-state index contributed by atoms with van der Waals surface area (Å²) in [5.74, 6) is 0.155. The van der Waals surface area contributed by atoms with Crippen LogP contribution in [-0.2, 0) is 11.2 Å². The van der Waals surface area contributed by atoms with Crippen LogP contribution in [0.2, 0.25) is 5.02 Å². The molecule has 0 saturated heterocycles. The van der Waals surface area contributed by atoms with Crippen LogP contribution in [-0.4, -0.2) is 25.5 Å². The summed E-state index contributed by atoms with van der Waals surface area (Å²) in [6.45, 7) is 6.28. The lowest BCUT2D eigenvalue weighted by Crippen LogP contribution is -2.33. The Bertz CT molecular complexity index is 655. The number of halogens is 1. The molecule has 0 aliphatic carbocycles. The normalized spacial score (nSPS) is 10.6. The van der Waals surface area contributed by atoms with E-state index in [4.69, 9.17) is 11.6 Å². The number of carbonyl (C=O) groups excluding carboxylic acids is 1. The fourth-order valence-corrected chi connectivity index (χ4v) is 2.76. The van der Waals surface area contributed by atoms with Gasteiger partial charge in [0, 0.05) is 30.2 Å². The summed E-state index contributed by atoms with van der Waals surface area (Å²) in [7, 11) is 0. The van der Waals surface area contributed by atoms with Gasteiger partial charge in [0.2, 0.25) is 5.91 Å². The summed E-state index contributed by atoms with van der Waals surface area (Å²) in [4.78, 5) is 14.3. The van der Waals surface area contributed by atoms with Crippen LogP contribution in [0.5, 0.6) is 0 Å². The molecule has 0 spiro atoms. The van der Waals surface area contributed by atoms with Gasteiger partial charge in [-0.2, -0.15) is 0 Å². The largest absolute Gasteiger partial charge is 0.316 e. The van der Waals surface area contributed by atoms with Gasteiger partial charge in [-0.1, -0.05) is 35.9 Å². The fourth-order valence-electron chi connectivity index (χ4n) is 2.64. The fraction of sp³-hybridized carbons (Fsp3) is 0.350. The maximum Gasteiger partial charge on any atom is 0.228 e. The van der Waals surface area contributed by atoms with Gasteiger partial charge in [-0.25, -0.2) is 0 Å². The van der Waals surface area contributed by atoms with E-state index in [0.717, 1.165) is 23.7 Å². The average Bonchev–Trinajstić information content (AvgIpc) is 2.57. The zero-order valence-electron chi connectivity index (χ0n) is 14.4. The van der Waals surface area contributed by atoms with E-state index >= 15 is 0 Å². The SMILES string of the molecule is CCN(C(=O)CCNCCc1ccc(Cl)cc1)c1cccc(C)c1. The minimum absolute atomic E-state index is 0.155. The Kier molecular flexibility index (Phi) is 7.29. The first kappa shape index (κ1) is 18.5. The lowest BCUT2D eigenvalue weighted by molar-refractivity contribution is -0.118. The third-order valence-electron chi connectivity index (χ3n) is 3.95. The second-order valence-electron chi connectivity index (χ2n) is 5.85. The smallest absolute Gasteiger partial charge is 0.228 e. The van der Waals surface area contributed by atoms with E-state index < -0.39 is 0 Å². The van der Waals surface area contributed by atoms with Crippen molar-refractivity contribution in [3.05, 3.63) is 64.7 Å². The molecule has 2 aromatic carbocycles. The number of anilines is 1. The predicted octanol–water partition coefficient (Wildman–Crippen LogP) is 4.22. The summed E-state index contributed by atoms with van der Waals surface area (Å²) in [5, 5.41) is 4.10. The summed E-state index contributed by atoms with van der Waals surface area (Å²) in [6.07, 6.45) is 1.43. The van der Waals surface area contributed by atoms with Gasteiger partial charge in [-0.15, -0.1) is 0 Å². The minimum Gasteiger partial charge on any atom is -0.316 e. The van der Waals surface area contributed by atoms with Crippen LogP contribution in [0.1, 0.15) is 24.5 Å². The number of hydrogen-bond donors (Lipinski definition) is 1. The molecule has 1 N–H and O–H groups in total. The molecule has 24 heavy (non-hydrogen) atoms. The van der Waals surface area contributed by atoms with Crippen molar-refractivity contribution in [3.8, 4) is 0 Å². The zero-order chi connectivity index (χ0) is 17.4. The molecule has 1 amide bonds. The number of hydrogen-bond acceptors (Lipinski definition) is 2. The second kappa shape index (κ2) is 9.45. The van der Waals surface area contributed by atoms with Crippen LogP contribution >= 0.6 is 11.6 Å². The number of nitrogens with zero attached hydrogens (tertiary/aromatic N) is 1. The van der Waals surface area contributed by atoms with Gasteiger partial charge in [0.05, 0.1) is 0 Å². The van der Waals surface area contributed by atoms with Crippen molar-refractivity contribution in [1.29, 1.82) is 0 Å². The van der Waals surface area contributed by atoms with Crippen LogP contribution < -0.4 is 10.2 Å². The lowest BCUT2D eigenvalue weighted by atomic mass is 10.1. The molecule has 3 nitrogen and oxygen atoms in total. The molecule has 0 atom stereocenters. The molecule has 0 aliphatic rings. The quantitative estimate of drug-likeness (QED) is 0.727. The van der Waals surface area contributed by atoms with Gasteiger partial charge >= 0.3 is 0 Å². The van der Waals surface area contributed by atoms with E-state index in [9.17, 15) is 4.79 Å². The van der Waals surface area contributed by atoms with Crippen molar-refractivity contribution in [2.75, 3.05) is 24.5 Å². The van der Waals surface area contributed by atoms with E-state index in [2.05, 4.69) is 11.4 Å². The van der Waals surface area contributed by atoms with Crippen molar-refractivity contribution in [2.45, 2.75) is 26.7 Å². The van der Waals surface area contributed by atoms with Crippen LogP contribution in [0.15, 0.2) is 48.5 Å². The molecule has 0 aliphatic heterocycles. The standard InChI is InChI=1S/C20H25ClN2O/c1-3-23(19-6-4-5-16(2)15-19)20(24)12-14-22-13-11-17-7-9-18(21)10-8-17/h4-10,15,22H,3,11-14H2,1-2H3. The third kappa shape index (κ3) is 5.66. The third-order valence-corrected chi connectivity index (χ3v) is 4.20. The first-order valence-corrected chi connectivity index (χ1v) is 8.80. The summed E-state index contributed by atoms with van der Waals surface area (Å²) >= 11 is 5.88. The Balaban J connectivity index is 1.74. The molecule has 4 heteroatoms. The van der Waals surface area contributed by atoms with Gasteiger partial charge in [-0.05, 0) is 62.2 Å². The summed E-state index contributed by atoms with van der Waals surface area (Å²) < 4.78 is 0. The van der Waals surface area contributed by atoms with Gasteiger partial charge in [0.1, 0.15) is 0 Å². The topological polar surface area (TPSA) is 32.3 Å². The Morgan fingerprint density at radius 3 is 2.54 bits per heavy atom. The van der Waals surface area contributed by atoms with Gasteiger partial charge < -0.3 is 10.2 Å². The molecule has 2 rings (SSSR count). The van der Waals surface area contributed by atoms with Gasteiger partial charge in [-0.3, -0.25) is 4.79 Å². The van der Waals surface area contributed by atoms with Crippen molar-refractivity contribution in [2.24, 2.45) is 0 Å². The molecule has 0 fully saturated rings. The Morgan fingerprint density at radius 1 is 1.12 bits per heavy atom. The maximum atomic E-state index is 12.4. The van der Waals surface area contributed by atoms with Crippen molar-refractivity contribution >= 4 is 23.2 Å². The van der Waals surface area contributed by atoms with E-state index in [0.29, 0.717) is 19.5 Å². The van der Waals surface area contributed by atoms with Crippen LogP contribution in [0.25, 0.3) is 0 Å². The van der Waals surface area contributed by atoms with E-state index in [-0.39, 0.29) is 5.91 Å². The Morgan fingerprint density at radius 2 is 1.88 bits per heavy atom. The number of benzene rings is 2. The summed E-state index contributed by atoms with van der Waals surface area (Å²) in [6, 6.07) is 15.9. The van der Waals surface area contributed by atoms with Crippen LogP contribution in [0.3, 0.4) is 0 Å². The highest BCUT2D eigenvalue weighted by Gasteiger charge is 2.13. The van der Waals surface area contributed by atoms with E-state index in [1.165, 1.54) is 11.1 Å². The molecule has 0 heterocycles. The number of amides is 1. The second-order valence-corrected chi connectivity index (χ2v) is 6.29. The van der Waals surface area contributed by atoms with Crippen molar-refractivity contribution in [3.63, 3.8) is 0 Å². The molecule has 0 unspecified atom stereocenters. The molecular formula is C20H25ClN2O. The number of aryl methyl sites for hydroxylation is 1. The van der Waals surface area contributed by atoms with E-state index in [1.54, 1.807) is 0 Å². The minimum atomic E-state index is 0.155.